The van der Waals surface area contributed by atoms with Gasteiger partial charge in [-0.2, -0.15) is 0 Å². The molecule has 3 aromatic carbocycles. The highest BCUT2D eigenvalue weighted by Gasteiger charge is 2.35. The van der Waals surface area contributed by atoms with Crippen molar-refractivity contribution in [3.8, 4) is 11.5 Å². The molecule has 180 valence electrons. The third kappa shape index (κ3) is 5.81. The predicted octanol–water partition coefficient (Wildman–Crippen LogP) is 7.35. The maximum atomic E-state index is 13.9. The topological polar surface area (TPSA) is 55.8 Å². The second-order valence-corrected chi connectivity index (χ2v) is 9.29. The molecule has 1 fully saturated rings. The maximum Gasteiger partial charge on any atom is 0.293 e. The van der Waals surface area contributed by atoms with Crippen molar-refractivity contribution in [1.29, 1.82) is 0 Å². The van der Waals surface area contributed by atoms with E-state index in [1.165, 1.54) is 6.07 Å². The summed E-state index contributed by atoms with van der Waals surface area (Å²) in [5.41, 5.74) is 1.58. The van der Waals surface area contributed by atoms with Crippen molar-refractivity contribution in [2.24, 2.45) is 0 Å². The van der Waals surface area contributed by atoms with E-state index in [9.17, 15) is 14.0 Å². The fraction of sp³-hybridized carbons (Fsp3) is 0.154. The van der Waals surface area contributed by atoms with Gasteiger partial charge >= 0.3 is 0 Å². The lowest BCUT2D eigenvalue weighted by molar-refractivity contribution is -0.123. The molecule has 35 heavy (non-hydrogen) atoms. The number of thioether (sulfide) groups is 1. The van der Waals surface area contributed by atoms with Crippen molar-refractivity contribution < 1.29 is 23.5 Å². The van der Waals surface area contributed by atoms with Crippen LogP contribution in [0.15, 0.2) is 65.6 Å². The largest absolute Gasteiger partial charge is 0.490 e. The van der Waals surface area contributed by atoms with Crippen molar-refractivity contribution in [2.45, 2.75) is 20.1 Å². The van der Waals surface area contributed by atoms with Crippen molar-refractivity contribution in [3.63, 3.8) is 0 Å². The van der Waals surface area contributed by atoms with Gasteiger partial charge in [-0.25, -0.2) is 4.39 Å². The van der Waals surface area contributed by atoms with E-state index in [1.54, 1.807) is 60.7 Å². The van der Waals surface area contributed by atoms with Crippen LogP contribution in [0.3, 0.4) is 0 Å². The van der Waals surface area contributed by atoms with Crippen LogP contribution in [0.25, 0.3) is 6.08 Å². The zero-order valence-electron chi connectivity index (χ0n) is 18.6. The van der Waals surface area contributed by atoms with E-state index in [2.05, 4.69) is 0 Å². The minimum Gasteiger partial charge on any atom is -0.490 e. The summed E-state index contributed by atoms with van der Waals surface area (Å²) in [6.07, 6.45) is 1.61. The Kier molecular flexibility index (Phi) is 8.00. The number of imide groups is 1. The molecule has 0 aliphatic carbocycles. The predicted molar refractivity (Wildman–Crippen MR) is 136 cm³/mol. The molecule has 1 aliphatic heterocycles. The van der Waals surface area contributed by atoms with Gasteiger partial charge in [0.15, 0.2) is 11.5 Å². The molecule has 9 heteroatoms. The van der Waals surface area contributed by atoms with Gasteiger partial charge in [-0.05, 0) is 60.7 Å². The molecule has 2 amide bonds. The number of halogens is 3. The summed E-state index contributed by atoms with van der Waals surface area (Å²) in [6, 6.07) is 16.5. The Hall–Kier alpha value is -3.00. The number of carbonyl (C=O) groups is 2. The third-order valence-electron chi connectivity index (χ3n) is 5.16. The lowest BCUT2D eigenvalue weighted by Gasteiger charge is -2.15. The Labute approximate surface area is 216 Å². The Morgan fingerprint density at radius 1 is 0.971 bits per heavy atom. The van der Waals surface area contributed by atoms with E-state index in [1.807, 2.05) is 6.92 Å². The first-order chi connectivity index (χ1) is 16.9. The Morgan fingerprint density at radius 3 is 2.43 bits per heavy atom. The number of ether oxygens (including phenoxy) is 2. The van der Waals surface area contributed by atoms with E-state index >= 15 is 0 Å². The standard InChI is InChI=1S/C26H20Cl2FNO4S/c1-2-33-23-12-16(10-11-22(23)34-15-17-6-3-4-9-21(17)29)13-24-25(31)30(26(32)35-24)14-18-19(27)7-5-8-20(18)28/h3-13H,2,14-15H2,1H3/b24-13-. The zero-order chi connectivity index (χ0) is 24.9. The van der Waals surface area contributed by atoms with Crippen LogP contribution in [-0.2, 0) is 17.9 Å². The summed E-state index contributed by atoms with van der Waals surface area (Å²) in [7, 11) is 0. The molecule has 1 heterocycles. The lowest BCUT2D eigenvalue weighted by Crippen LogP contribution is -2.27. The SMILES string of the molecule is CCOc1cc(/C=C2\SC(=O)N(Cc3c(Cl)cccc3Cl)C2=O)ccc1OCc1ccccc1F. The highest BCUT2D eigenvalue weighted by Crippen LogP contribution is 2.37. The molecular formula is C26H20Cl2FNO4S. The third-order valence-corrected chi connectivity index (χ3v) is 6.77. The lowest BCUT2D eigenvalue weighted by atomic mass is 10.1. The first-order valence-corrected chi connectivity index (χ1v) is 12.3. The van der Waals surface area contributed by atoms with Gasteiger partial charge in [0.1, 0.15) is 12.4 Å². The van der Waals surface area contributed by atoms with Gasteiger partial charge in [0, 0.05) is 21.2 Å². The molecule has 1 saturated heterocycles. The van der Waals surface area contributed by atoms with Gasteiger partial charge in [0.25, 0.3) is 11.1 Å². The van der Waals surface area contributed by atoms with Gasteiger partial charge < -0.3 is 9.47 Å². The van der Waals surface area contributed by atoms with E-state index in [-0.39, 0.29) is 23.9 Å². The minimum absolute atomic E-state index is 0.0203. The summed E-state index contributed by atoms with van der Waals surface area (Å²) in [6.45, 7) is 2.23. The van der Waals surface area contributed by atoms with Gasteiger partial charge in [0.2, 0.25) is 0 Å². The molecule has 0 radical (unpaired) electrons. The number of hydrogen-bond acceptors (Lipinski definition) is 5. The molecular weight excluding hydrogens is 512 g/mol. The molecule has 3 aromatic rings. The van der Waals surface area contributed by atoms with E-state index in [0.717, 1.165) is 16.7 Å². The molecule has 5 nitrogen and oxygen atoms in total. The number of carbonyl (C=O) groups excluding carboxylic acids is 2. The summed E-state index contributed by atoms with van der Waals surface area (Å²) >= 11 is 13.2. The quantitative estimate of drug-likeness (QED) is 0.284. The van der Waals surface area contributed by atoms with E-state index in [0.29, 0.717) is 44.8 Å². The first-order valence-electron chi connectivity index (χ1n) is 10.7. The van der Waals surface area contributed by atoms with Gasteiger partial charge in [-0.1, -0.05) is 53.5 Å². The summed E-state index contributed by atoms with van der Waals surface area (Å²) < 4.78 is 25.4. The molecule has 0 saturated carbocycles. The summed E-state index contributed by atoms with van der Waals surface area (Å²) in [5, 5.41) is 0.354. The fourth-order valence-electron chi connectivity index (χ4n) is 3.40. The van der Waals surface area contributed by atoms with Crippen LogP contribution < -0.4 is 9.47 Å². The van der Waals surface area contributed by atoms with Crippen molar-refractivity contribution >= 4 is 52.2 Å². The fourth-order valence-corrected chi connectivity index (χ4v) is 4.76. The number of amides is 2. The van der Waals surface area contributed by atoms with Crippen molar-refractivity contribution in [1.82, 2.24) is 4.90 Å². The Morgan fingerprint density at radius 2 is 1.71 bits per heavy atom. The zero-order valence-corrected chi connectivity index (χ0v) is 20.9. The maximum absolute atomic E-state index is 13.9. The van der Waals surface area contributed by atoms with Crippen LogP contribution in [0.4, 0.5) is 9.18 Å². The smallest absolute Gasteiger partial charge is 0.293 e. The molecule has 0 aromatic heterocycles. The number of nitrogens with zero attached hydrogens (tertiary/aromatic N) is 1. The van der Waals surface area contributed by atoms with Crippen molar-refractivity contribution in [2.75, 3.05) is 6.61 Å². The molecule has 0 atom stereocenters. The van der Waals surface area contributed by atoms with Crippen LogP contribution in [0, 0.1) is 5.82 Å². The molecule has 0 N–H and O–H groups in total. The summed E-state index contributed by atoms with van der Waals surface area (Å²) in [5.74, 6) is 0.0955. The van der Waals surface area contributed by atoms with Crippen LogP contribution in [0.5, 0.6) is 11.5 Å². The normalized spacial score (nSPS) is 14.6. The highest BCUT2D eigenvalue weighted by molar-refractivity contribution is 8.18. The van der Waals surface area contributed by atoms with E-state index < -0.39 is 11.1 Å². The Balaban J connectivity index is 1.53. The monoisotopic (exact) mass is 531 g/mol. The van der Waals surface area contributed by atoms with E-state index in [4.69, 9.17) is 32.7 Å². The highest BCUT2D eigenvalue weighted by atomic mass is 35.5. The average molecular weight is 532 g/mol. The summed E-state index contributed by atoms with van der Waals surface area (Å²) in [4.78, 5) is 26.9. The van der Waals surface area contributed by atoms with Gasteiger partial charge in [0.05, 0.1) is 18.1 Å². The number of hydrogen-bond donors (Lipinski definition) is 0. The second-order valence-electron chi connectivity index (χ2n) is 7.49. The molecule has 1 aliphatic rings. The van der Waals surface area contributed by atoms with Crippen LogP contribution in [0.2, 0.25) is 10.0 Å². The number of rotatable bonds is 8. The Bertz CT molecular complexity index is 1290. The molecule has 0 unspecified atom stereocenters. The van der Waals surface area contributed by atoms with Crippen LogP contribution >= 0.6 is 35.0 Å². The van der Waals surface area contributed by atoms with Gasteiger partial charge in [-0.15, -0.1) is 0 Å². The average Bonchev–Trinajstić information content (AvgIpc) is 3.09. The molecule has 4 rings (SSSR count). The second kappa shape index (κ2) is 11.2. The molecule has 0 spiro atoms. The van der Waals surface area contributed by atoms with Crippen LogP contribution in [-0.4, -0.2) is 22.7 Å². The van der Waals surface area contributed by atoms with Crippen LogP contribution in [0.1, 0.15) is 23.6 Å². The minimum atomic E-state index is -0.436. The molecule has 0 bridgehead atoms. The van der Waals surface area contributed by atoms with Crippen molar-refractivity contribution in [3.05, 3.63) is 98.1 Å². The van der Waals surface area contributed by atoms with Gasteiger partial charge in [-0.3, -0.25) is 14.5 Å². The first kappa shape index (κ1) is 25.1. The number of benzene rings is 3.